The largest absolute Gasteiger partial charge is 0.482 e. The minimum Gasteiger partial charge on any atom is -0.482 e. The van der Waals surface area contributed by atoms with Gasteiger partial charge in [0.25, 0.3) is 5.91 Å². The van der Waals surface area contributed by atoms with Gasteiger partial charge in [0.1, 0.15) is 22.6 Å². The van der Waals surface area contributed by atoms with E-state index in [-0.39, 0.29) is 30.0 Å². The highest BCUT2D eigenvalue weighted by Crippen LogP contribution is 2.23. The van der Waals surface area contributed by atoms with Crippen LogP contribution in [0.5, 0.6) is 11.5 Å². The summed E-state index contributed by atoms with van der Waals surface area (Å²) in [6, 6.07) is 20.4. The van der Waals surface area contributed by atoms with Gasteiger partial charge in [0.05, 0.1) is 0 Å². The minimum absolute atomic E-state index is 0.111. The molecule has 0 aliphatic carbocycles. The van der Waals surface area contributed by atoms with Crippen molar-refractivity contribution in [1.82, 2.24) is 5.32 Å². The van der Waals surface area contributed by atoms with Gasteiger partial charge in [0.15, 0.2) is 6.61 Å². The summed E-state index contributed by atoms with van der Waals surface area (Å²) in [4.78, 5) is 37.0. The van der Waals surface area contributed by atoms with Crippen molar-refractivity contribution >= 4 is 34.4 Å². The van der Waals surface area contributed by atoms with E-state index in [1.54, 1.807) is 30.3 Å². The van der Waals surface area contributed by atoms with Gasteiger partial charge in [0, 0.05) is 23.0 Å². The molecule has 1 heterocycles. The van der Waals surface area contributed by atoms with Crippen molar-refractivity contribution in [1.29, 1.82) is 0 Å². The Morgan fingerprint density at radius 3 is 2.56 bits per heavy atom. The van der Waals surface area contributed by atoms with Gasteiger partial charge in [-0.15, -0.1) is 0 Å². The molecule has 0 saturated carbocycles. The molecule has 172 valence electrons. The Kier molecular flexibility index (Phi) is 6.94. The Bertz CT molecular complexity index is 1410. The second-order valence-corrected chi connectivity index (χ2v) is 7.92. The number of hydrogen-bond donors (Lipinski definition) is 1. The van der Waals surface area contributed by atoms with Gasteiger partial charge in [-0.1, -0.05) is 41.9 Å². The first kappa shape index (κ1) is 23.1. The van der Waals surface area contributed by atoms with Gasteiger partial charge < -0.3 is 19.2 Å². The third-order valence-corrected chi connectivity index (χ3v) is 5.20. The molecule has 4 aromatic rings. The number of carbonyl (C=O) groups is 2. The Hall–Kier alpha value is -4.10. The zero-order valence-corrected chi connectivity index (χ0v) is 18.9. The highest BCUT2D eigenvalue weighted by molar-refractivity contribution is 6.30. The predicted octanol–water partition coefficient (Wildman–Crippen LogP) is 4.67. The van der Waals surface area contributed by atoms with Crippen LogP contribution in [0, 0.1) is 6.92 Å². The molecular formula is C26H20ClNO6. The van der Waals surface area contributed by atoms with Crippen LogP contribution in [-0.2, 0) is 11.3 Å². The topological polar surface area (TPSA) is 94.8 Å². The number of esters is 1. The molecule has 0 spiro atoms. The van der Waals surface area contributed by atoms with Crippen LogP contribution in [0.2, 0.25) is 5.02 Å². The van der Waals surface area contributed by atoms with E-state index in [0.717, 1.165) is 11.1 Å². The van der Waals surface area contributed by atoms with Gasteiger partial charge in [-0.3, -0.25) is 4.79 Å². The quantitative estimate of drug-likeness (QED) is 0.236. The molecule has 3 aromatic carbocycles. The van der Waals surface area contributed by atoms with E-state index in [1.165, 1.54) is 12.1 Å². The summed E-state index contributed by atoms with van der Waals surface area (Å²) < 4.78 is 16.1. The summed E-state index contributed by atoms with van der Waals surface area (Å²) in [6.07, 6.45) is 0. The van der Waals surface area contributed by atoms with E-state index >= 15 is 0 Å². The first-order valence-electron chi connectivity index (χ1n) is 10.4. The lowest BCUT2D eigenvalue weighted by molar-refractivity contribution is -0.136. The van der Waals surface area contributed by atoms with Crippen molar-refractivity contribution in [3.05, 3.63) is 105 Å². The van der Waals surface area contributed by atoms with Crippen LogP contribution in [0.4, 0.5) is 0 Å². The first-order chi connectivity index (χ1) is 16.4. The van der Waals surface area contributed by atoms with Gasteiger partial charge in [-0.05, 0) is 54.4 Å². The van der Waals surface area contributed by atoms with Gasteiger partial charge >= 0.3 is 11.6 Å². The maximum atomic E-state index is 12.5. The maximum Gasteiger partial charge on any atom is 0.349 e. The molecule has 8 heteroatoms. The van der Waals surface area contributed by atoms with Crippen molar-refractivity contribution in [3.8, 4) is 11.5 Å². The molecule has 0 atom stereocenters. The van der Waals surface area contributed by atoms with Crippen LogP contribution >= 0.6 is 11.6 Å². The van der Waals surface area contributed by atoms with Crippen LogP contribution in [0.3, 0.4) is 0 Å². The summed E-state index contributed by atoms with van der Waals surface area (Å²) >= 11 is 5.91. The molecule has 0 radical (unpaired) electrons. The molecule has 34 heavy (non-hydrogen) atoms. The third kappa shape index (κ3) is 5.63. The fourth-order valence-electron chi connectivity index (χ4n) is 3.26. The van der Waals surface area contributed by atoms with Crippen molar-refractivity contribution in [2.45, 2.75) is 13.5 Å². The number of rotatable bonds is 7. The van der Waals surface area contributed by atoms with E-state index in [0.29, 0.717) is 16.2 Å². The summed E-state index contributed by atoms with van der Waals surface area (Å²) in [5.74, 6) is -0.472. The molecule has 0 fully saturated rings. The normalized spacial score (nSPS) is 10.6. The predicted molar refractivity (Wildman–Crippen MR) is 127 cm³/mol. The molecule has 0 aliphatic rings. The number of carbonyl (C=O) groups excluding carboxylic acids is 2. The zero-order chi connectivity index (χ0) is 24.1. The van der Waals surface area contributed by atoms with Gasteiger partial charge in [-0.2, -0.15) is 0 Å². The lowest BCUT2D eigenvalue weighted by atomic mass is 10.1. The summed E-state index contributed by atoms with van der Waals surface area (Å²) in [5, 5.41) is 3.79. The Labute approximate surface area is 199 Å². The summed E-state index contributed by atoms with van der Waals surface area (Å²) in [6.45, 7) is 1.78. The summed E-state index contributed by atoms with van der Waals surface area (Å²) in [7, 11) is 0. The fourth-order valence-corrected chi connectivity index (χ4v) is 3.49. The van der Waals surface area contributed by atoms with Crippen LogP contribution in [0.1, 0.15) is 21.5 Å². The Balaban J connectivity index is 1.42. The number of nitrogens with one attached hydrogen (secondary N) is 1. The summed E-state index contributed by atoms with van der Waals surface area (Å²) in [5.41, 5.74) is 0.978. The number of hydrogen-bond acceptors (Lipinski definition) is 6. The van der Waals surface area contributed by atoms with E-state index in [9.17, 15) is 14.4 Å². The highest BCUT2D eigenvalue weighted by atomic mass is 35.5. The van der Waals surface area contributed by atoms with E-state index in [4.69, 9.17) is 25.5 Å². The van der Waals surface area contributed by atoms with Crippen molar-refractivity contribution in [3.63, 3.8) is 0 Å². The number of aryl methyl sites for hydroxylation is 1. The maximum absolute atomic E-state index is 12.5. The number of halogens is 1. The number of fused-ring (bicyclic) bond motifs is 1. The Morgan fingerprint density at radius 2 is 1.79 bits per heavy atom. The number of amides is 1. The molecule has 0 saturated heterocycles. The molecule has 1 N–H and O–H groups in total. The smallest absolute Gasteiger partial charge is 0.349 e. The molecule has 4 rings (SSSR count). The van der Waals surface area contributed by atoms with Gasteiger partial charge in [-0.25, -0.2) is 9.59 Å². The lowest BCUT2D eigenvalue weighted by Crippen LogP contribution is -2.27. The molecule has 0 bridgehead atoms. The van der Waals surface area contributed by atoms with E-state index in [2.05, 4.69) is 5.32 Å². The Morgan fingerprint density at radius 1 is 1.00 bits per heavy atom. The van der Waals surface area contributed by atoms with Gasteiger partial charge in [0.2, 0.25) is 0 Å². The van der Waals surface area contributed by atoms with Crippen LogP contribution in [-0.4, -0.2) is 18.5 Å². The standard InChI is InChI=1S/C26H20ClNO6/c1-16-11-19(27)8-10-22(16)32-15-24(29)33-20-9-7-18-12-21(26(31)34-23(18)13-20)25(30)28-14-17-5-3-2-4-6-17/h2-13H,14-15H2,1H3,(H,28,30). The molecule has 0 unspecified atom stereocenters. The van der Waals surface area contributed by atoms with E-state index < -0.39 is 17.5 Å². The van der Waals surface area contributed by atoms with Crippen molar-refractivity contribution in [2.75, 3.05) is 6.61 Å². The average molecular weight is 478 g/mol. The molecular weight excluding hydrogens is 458 g/mol. The first-order valence-corrected chi connectivity index (χ1v) is 10.8. The lowest BCUT2D eigenvalue weighted by Gasteiger charge is -2.10. The SMILES string of the molecule is Cc1cc(Cl)ccc1OCC(=O)Oc1ccc2cc(C(=O)NCc3ccccc3)c(=O)oc2c1. The molecule has 7 nitrogen and oxygen atoms in total. The fraction of sp³-hybridized carbons (Fsp3) is 0.115. The zero-order valence-electron chi connectivity index (χ0n) is 18.2. The van der Waals surface area contributed by atoms with Crippen molar-refractivity contribution < 1.29 is 23.5 Å². The van der Waals surface area contributed by atoms with E-state index in [1.807, 2.05) is 37.3 Å². The monoisotopic (exact) mass is 477 g/mol. The number of benzene rings is 3. The van der Waals surface area contributed by atoms with Crippen LogP contribution < -0.4 is 20.4 Å². The number of ether oxygens (including phenoxy) is 2. The molecule has 1 aromatic heterocycles. The second-order valence-electron chi connectivity index (χ2n) is 7.49. The van der Waals surface area contributed by atoms with Crippen LogP contribution in [0.25, 0.3) is 11.0 Å². The molecule has 0 aliphatic heterocycles. The van der Waals surface area contributed by atoms with Crippen molar-refractivity contribution in [2.24, 2.45) is 0 Å². The second kappa shape index (κ2) is 10.2. The van der Waals surface area contributed by atoms with Crippen LogP contribution in [0.15, 0.2) is 82.0 Å². The third-order valence-electron chi connectivity index (χ3n) is 4.96. The molecule has 1 amide bonds. The average Bonchev–Trinajstić information content (AvgIpc) is 2.82. The minimum atomic E-state index is -0.789. The highest BCUT2D eigenvalue weighted by Gasteiger charge is 2.15.